The average Bonchev–Trinajstić information content (AvgIpc) is 2.97. The van der Waals surface area contributed by atoms with E-state index < -0.39 is 0 Å². The maximum atomic E-state index is 11.9. The van der Waals surface area contributed by atoms with E-state index in [1.165, 1.54) is 12.8 Å². The van der Waals surface area contributed by atoms with Crippen LogP contribution in [0.15, 0.2) is 0 Å². The van der Waals surface area contributed by atoms with Gasteiger partial charge in [-0.1, -0.05) is 0 Å². The number of aliphatic hydroxyl groups is 1. The largest absolute Gasteiger partial charge is 0.396 e. The Balaban J connectivity index is 1.65. The van der Waals surface area contributed by atoms with Crippen molar-refractivity contribution in [2.24, 2.45) is 5.92 Å². The van der Waals surface area contributed by atoms with Crippen molar-refractivity contribution < 1.29 is 9.90 Å². The zero-order valence-electron chi connectivity index (χ0n) is 11.7. The first-order valence-electron chi connectivity index (χ1n) is 7.64. The number of hydrogen-bond donors (Lipinski definition) is 3. The first kappa shape index (κ1) is 14.8. The van der Waals surface area contributed by atoms with E-state index in [0.29, 0.717) is 5.92 Å². The van der Waals surface area contributed by atoms with Crippen LogP contribution in [0.2, 0.25) is 0 Å². The number of rotatable bonds is 6. The molecule has 2 fully saturated rings. The Hall–Kier alpha value is -0.650. The van der Waals surface area contributed by atoms with Crippen molar-refractivity contribution in [3.05, 3.63) is 0 Å². The predicted octanol–water partition coefficient (Wildman–Crippen LogP) is -0.0510. The topological polar surface area (TPSA) is 64.6 Å². The smallest absolute Gasteiger partial charge is 0.237 e. The summed E-state index contributed by atoms with van der Waals surface area (Å²) in [6.45, 7) is 5.20. The molecule has 110 valence electrons. The van der Waals surface area contributed by atoms with Crippen molar-refractivity contribution in [2.45, 2.75) is 38.1 Å². The van der Waals surface area contributed by atoms with Crippen molar-refractivity contribution in [3.8, 4) is 0 Å². The van der Waals surface area contributed by atoms with E-state index in [2.05, 4.69) is 15.5 Å². The summed E-state index contributed by atoms with van der Waals surface area (Å²) >= 11 is 0. The number of hydrogen-bond acceptors (Lipinski definition) is 4. The van der Waals surface area contributed by atoms with Gasteiger partial charge in [-0.05, 0) is 51.1 Å². The lowest BCUT2D eigenvalue weighted by atomic mass is 9.97. The van der Waals surface area contributed by atoms with Gasteiger partial charge >= 0.3 is 0 Å². The molecule has 5 heteroatoms. The Labute approximate surface area is 115 Å². The summed E-state index contributed by atoms with van der Waals surface area (Å²) in [5.74, 6) is 0.739. The molecule has 2 unspecified atom stereocenters. The van der Waals surface area contributed by atoms with Gasteiger partial charge in [0.1, 0.15) is 0 Å². The lowest BCUT2D eigenvalue weighted by Gasteiger charge is -2.32. The number of piperidine rings is 1. The van der Waals surface area contributed by atoms with Crippen LogP contribution in [0, 0.1) is 5.92 Å². The van der Waals surface area contributed by atoms with Crippen LogP contribution in [0.5, 0.6) is 0 Å². The van der Waals surface area contributed by atoms with E-state index in [-0.39, 0.29) is 18.6 Å². The fourth-order valence-corrected chi connectivity index (χ4v) is 3.09. The Bertz CT molecular complexity index is 280. The molecule has 0 aromatic carbocycles. The van der Waals surface area contributed by atoms with Crippen LogP contribution < -0.4 is 10.6 Å². The Morgan fingerprint density at radius 2 is 2.26 bits per heavy atom. The maximum Gasteiger partial charge on any atom is 0.237 e. The molecular weight excluding hydrogens is 242 g/mol. The minimum absolute atomic E-state index is 0.0362. The summed E-state index contributed by atoms with van der Waals surface area (Å²) < 4.78 is 0. The van der Waals surface area contributed by atoms with Gasteiger partial charge in [0, 0.05) is 26.2 Å². The van der Waals surface area contributed by atoms with E-state index in [4.69, 9.17) is 5.11 Å². The monoisotopic (exact) mass is 269 g/mol. The molecule has 1 amide bonds. The van der Waals surface area contributed by atoms with E-state index in [1.54, 1.807) is 0 Å². The van der Waals surface area contributed by atoms with E-state index >= 15 is 0 Å². The minimum atomic E-state index is 0.0362. The highest BCUT2D eigenvalue weighted by molar-refractivity contribution is 5.81. The predicted molar refractivity (Wildman–Crippen MR) is 74.9 cm³/mol. The molecule has 0 radical (unpaired) electrons. The highest BCUT2D eigenvalue weighted by atomic mass is 16.3. The number of nitrogens with one attached hydrogen (secondary N) is 2. The van der Waals surface area contributed by atoms with Gasteiger partial charge in [-0.15, -0.1) is 0 Å². The Morgan fingerprint density at radius 3 is 3.00 bits per heavy atom. The number of likely N-dealkylation sites (tertiary alicyclic amines) is 1. The van der Waals surface area contributed by atoms with Crippen LogP contribution >= 0.6 is 0 Å². The summed E-state index contributed by atoms with van der Waals surface area (Å²) in [6, 6.07) is 0.0362. The molecule has 19 heavy (non-hydrogen) atoms. The van der Waals surface area contributed by atoms with Gasteiger partial charge in [0.15, 0.2) is 0 Å². The molecule has 0 saturated carbocycles. The molecule has 2 saturated heterocycles. The summed E-state index contributed by atoms with van der Waals surface area (Å²) in [5.41, 5.74) is 0. The highest BCUT2D eigenvalue weighted by Gasteiger charge is 2.24. The van der Waals surface area contributed by atoms with Crippen LogP contribution in [0.25, 0.3) is 0 Å². The van der Waals surface area contributed by atoms with Crippen molar-refractivity contribution in [3.63, 3.8) is 0 Å². The summed E-state index contributed by atoms with van der Waals surface area (Å²) in [6.07, 6.45) is 5.34. The van der Waals surface area contributed by atoms with E-state index in [0.717, 1.165) is 52.0 Å². The molecule has 3 N–H and O–H groups in total. The van der Waals surface area contributed by atoms with E-state index in [9.17, 15) is 4.79 Å². The zero-order valence-corrected chi connectivity index (χ0v) is 11.7. The molecule has 2 atom stereocenters. The van der Waals surface area contributed by atoms with Crippen LogP contribution in [0.4, 0.5) is 0 Å². The summed E-state index contributed by atoms with van der Waals surface area (Å²) in [4.78, 5) is 14.3. The van der Waals surface area contributed by atoms with Crippen molar-refractivity contribution in [1.82, 2.24) is 15.5 Å². The van der Waals surface area contributed by atoms with Gasteiger partial charge in [0.25, 0.3) is 0 Å². The molecule has 0 bridgehead atoms. The summed E-state index contributed by atoms with van der Waals surface area (Å²) in [7, 11) is 0. The highest BCUT2D eigenvalue weighted by Crippen LogP contribution is 2.16. The second-order valence-corrected chi connectivity index (χ2v) is 5.78. The second-order valence-electron chi connectivity index (χ2n) is 5.78. The molecule has 2 heterocycles. The Morgan fingerprint density at radius 1 is 1.37 bits per heavy atom. The van der Waals surface area contributed by atoms with Crippen LogP contribution in [0.1, 0.15) is 32.1 Å². The lowest BCUT2D eigenvalue weighted by molar-refractivity contribution is -0.123. The van der Waals surface area contributed by atoms with Gasteiger partial charge in [0.05, 0.1) is 6.04 Å². The fourth-order valence-electron chi connectivity index (χ4n) is 3.09. The second kappa shape index (κ2) is 7.82. The molecule has 2 aliphatic rings. The SMILES string of the molecule is O=C(NCC1CCCN(CCCO)C1)C1CCCN1. The van der Waals surface area contributed by atoms with Crippen molar-refractivity contribution in [1.29, 1.82) is 0 Å². The molecule has 0 aliphatic carbocycles. The zero-order chi connectivity index (χ0) is 13.5. The number of aliphatic hydroxyl groups excluding tert-OH is 1. The van der Waals surface area contributed by atoms with Gasteiger partial charge in [-0.2, -0.15) is 0 Å². The third-order valence-corrected chi connectivity index (χ3v) is 4.18. The number of amides is 1. The number of carbonyl (C=O) groups excluding carboxylic acids is 1. The van der Waals surface area contributed by atoms with Crippen molar-refractivity contribution >= 4 is 5.91 Å². The summed E-state index contributed by atoms with van der Waals surface area (Å²) in [5, 5.41) is 15.2. The molecule has 5 nitrogen and oxygen atoms in total. The standard InChI is InChI=1S/C14H27N3O2/c18-9-3-8-17-7-2-4-12(11-17)10-16-14(19)13-5-1-6-15-13/h12-13,15,18H,1-11H2,(H,16,19). The van der Waals surface area contributed by atoms with Crippen molar-refractivity contribution in [2.75, 3.05) is 39.3 Å². The number of carbonyl (C=O) groups is 1. The maximum absolute atomic E-state index is 11.9. The molecule has 2 rings (SSSR count). The van der Waals surface area contributed by atoms with Gasteiger partial charge < -0.3 is 20.6 Å². The van der Waals surface area contributed by atoms with E-state index in [1.807, 2.05) is 0 Å². The van der Waals surface area contributed by atoms with Gasteiger partial charge in [-0.25, -0.2) is 0 Å². The normalized spacial score (nSPS) is 28.5. The third-order valence-electron chi connectivity index (χ3n) is 4.18. The molecule has 0 spiro atoms. The first-order chi connectivity index (χ1) is 9.29. The quantitative estimate of drug-likeness (QED) is 0.632. The molecule has 0 aromatic heterocycles. The van der Waals surface area contributed by atoms with Gasteiger partial charge in [-0.3, -0.25) is 4.79 Å². The van der Waals surface area contributed by atoms with Crippen LogP contribution in [-0.4, -0.2) is 61.3 Å². The molecular formula is C14H27N3O2. The van der Waals surface area contributed by atoms with Crippen LogP contribution in [0.3, 0.4) is 0 Å². The lowest BCUT2D eigenvalue weighted by Crippen LogP contribution is -2.45. The fraction of sp³-hybridized carbons (Fsp3) is 0.929. The van der Waals surface area contributed by atoms with Gasteiger partial charge in [0.2, 0.25) is 5.91 Å². The first-order valence-corrected chi connectivity index (χ1v) is 7.64. The Kier molecular flexibility index (Phi) is 6.07. The number of nitrogens with zero attached hydrogens (tertiary/aromatic N) is 1. The molecule has 0 aromatic rings. The van der Waals surface area contributed by atoms with Crippen LogP contribution in [-0.2, 0) is 4.79 Å². The minimum Gasteiger partial charge on any atom is -0.396 e. The average molecular weight is 269 g/mol. The molecule has 2 aliphatic heterocycles. The third kappa shape index (κ3) is 4.75.